The number of hydroxylamine groups is 1. The van der Waals surface area contributed by atoms with Crippen LogP contribution in [0.2, 0.25) is 0 Å². The summed E-state index contributed by atoms with van der Waals surface area (Å²) in [5, 5.41) is 19.9. The van der Waals surface area contributed by atoms with Crippen molar-refractivity contribution >= 4 is 17.2 Å². The Bertz CT molecular complexity index is 1350. The van der Waals surface area contributed by atoms with Crippen molar-refractivity contribution in [3.05, 3.63) is 82.7 Å². The third-order valence-corrected chi connectivity index (χ3v) is 8.23. The third-order valence-electron chi connectivity index (χ3n) is 6.81. The van der Waals surface area contributed by atoms with Crippen LogP contribution in [0.15, 0.2) is 67.3 Å². The lowest BCUT2D eigenvalue weighted by Gasteiger charge is -2.24. The second-order valence-corrected chi connectivity index (χ2v) is 11.5. The van der Waals surface area contributed by atoms with Gasteiger partial charge in [0, 0.05) is 53.8 Å². The van der Waals surface area contributed by atoms with Crippen LogP contribution < -0.4 is 20.0 Å². The Morgan fingerprint density at radius 3 is 2.24 bits per heavy atom. The molecule has 0 spiro atoms. The Morgan fingerprint density at radius 1 is 1.00 bits per heavy atom. The average molecular weight is 591 g/mol. The van der Waals surface area contributed by atoms with Gasteiger partial charge in [0.15, 0.2) is 0 Å². The second-order valence-electron chi connectivity index (χ2n) is 10.4. The number of ether oxygens (including phenoxy) is 2. The topological polar surface area (TPSA) is 109 Å². The molecule has 9 nitrogen and oxygen atoms in total. The zero-order valence-corrected chi connectivity index (χ0v) is 25.6. The maximum atomic E-state index is 8.81. The van der Waals surface area contributed by atoms with Gasteiger partial charge in [0.05, 0.1) is 23.9 Å². The van der Waals surface area contributed by atoms with Crippen LogP contribution in [0.4, 0.5) is 0 Å². The molecular formula is C32H42N6O3S. The highest BCUT2D eigenvalue weighted by atomic mass is 32.1. The van der Waals surface area contributed by atoms with Crippen molar-refractivity contribution < 1.29 is 14.7 Å². The molecule has 2 aromatic carbocycles. The van der Waals surface area contributed by atoms with Gasteiger partial charge in [-0.1, -0.05) is 20.8 Å². The zero-order valence-electron chi connectivity index (χ0n) is 24.8. The molecule has 4 rings (SSSR count). The van der Waals surface area contributed by atoms with Crippen LogP contribution in [0.5, 0.6) is 11.5 Å². The number of thiazole rings is 1. The molecule has 0 saturated heterocycles. The lowest BCUT2D eigenvalue weighted by Crippen LogP contribution is -2.36. The van der Waals surface area contributed by atoms with Gasteiger partial charge in [-0.3, -0.25) is 20.8 Å². The van der Waals surface area contributed by atoms with Gasteiger partial charge < -0.3 is 14.5 Å². The second kappa shape index (κ2) is 15.9. The van der Waals surface area contributed by atoms with E-state index in [2.05, 4.69) is 47.6 Å². The van der Waals surface area contributed by atoms with E-state index in [0.29, 0.717) is 24.7 Å². The summed E-state index contributed by atoms with van der Waals surface area (Å²) in [5.74, 6) is 1.97. The van der Waals surface area contributed by atoms with Gasteiger partial charge in [0.25, 0.3) is 0 Å². The first-order chi connectivity index (χ1) is 20.5. The van der Waals surface area contributed by atoms with Gasteiger partial charge in [-0.05, 0) is 74.2 Å². The SMILES string of the molecule is CCCN(CCc1sc(C(C)C)nc1-c1ccc(OCCCCCOc2ccc(C(=N)NO)cc2)cc1)n1ccnc1. The minimum Gasteiger partial charge on any atom is -0.494 e. The lowest BCUT2D eigenvalue weighted by atomic mass is 10.1. The van der Waals surface area contributed by atoms with Crippen LogP contribution in [0, 0.1) is 5.41 Å². The van der Waals surface area contributed by atoms with Crippen LogP contribution in [-0.2, 0) is 6.42 Å². The molecule has 224 valence electrons. The fourth-order valence-electron chi connectivity index (χ4n) is 4.52. The molecule has 2 heterocycles. The van der Waals surface area contributed by atoms with Crippen LogP contribution in [0.3, 0.4) is 0 Å². The van der Waals surface area contributed by atoms with Gasteiger partial charge in [0.2, 0.25) is 0 Å². The number of hydrogen-bond donors (Lipinski definition) is 3. The number of hydrogen-bond acceptors (Lipinski definition) is 8. The molecule has 0 radical (unpaired) electrons. The first kappa shape index (κ1) is 31.1. The smallest absolute Gasteiger partial charge is 0.149 e. The summed E-state index contributed by atoms with van der Waals surface area (Å²) in [6, 6.07) is 15.4. The van der Waals surface area contributed by atoms with Gasteiger partial charge >= 0.3 is 0 Å². The van der Waals surface area contributed by atoms with Gasteiger partial charge in [-0.25, -0.2) is 9.97 Å². The molecule has 0 aliphatic rings. The lowest BCUT2D eigenvalue weighted by molar-refractivity contribution is 0.234. The van der Waals surface area contributed by atoms with Crippen molar-refractivity contribution in [1.29, 1.82) is 5.41 Å². The van der Waals surface area contributed by atoms with E-state index in [1.807, 2.05) is 47.7 Å². The zero-order chi connectivity index (χ0) is 29.7. The van der Waals surface area contributed by atoms with Gasteiger partial charge in [0.1, 0.15) is 23.7 Å². The van der Waals surface area contributed by atoms with Crippen LogP contribution in [0.25, 0.3) is 11.3 Å². The van der Waals surface area contributed by atoms with Crippen LogP contribution in [0.1, 0.15) is 67.8 Å². The molecule has 0 aliphatic heterocycles. The van der Waals surface area contributed by atoms with Crippen molar-refractivity contribution in [2.75, 3.05) is 31.3 Å². The standard InChI is InChI=1S/C32H42N6O3S/c1-4-18-37(38-20-17-34-23-38)19-16-29-30(35-32(42-29)24(2)3)25-8-12-27(13-9-25)40-21-6-5-7-22-41-28-14-10-26(11-15-28)31(33)36-39/h8-15,17,20,23-24,39H,4-7,16,18-19,21-22H2,1-3H3,(H2,33,36). The van der Waals surface area contributed by atoms with Gasteiger partial charge in [-0.2, -0.15) is 0 Å². The number of unbranched alkanes of at least 4 members (excludes halogenated alkanes) is 2. The Hall–Kier alpha value is -3.89. The quantitative estimate of drug-likeness (QED) is 0.0547. The maximum Gasteiger partial charge on any atom is 0.149 e. The Kier molecular flexibility index (Phi) is 11.8. The molecule has 2 aromatic heterocycles. The van der Waals surface area contributed by atoms with Gasteiger partial charge in [-0.15, -0.1) is 11.3 Å². The number of aromatic nitrogens is 3. The highest BCUT2D eigenvalue weighted by Crippen LogP contribution is 2.33. The first-order valence-electron chi connectivity index (χ1n) is 14.7. The molecule has 0 unspecified atom stereocenters. The van der Waals surface area contributed by atoms with Crippen LogP contribution >= 0.6 is 11.3 Å². The summed E-state index contributed by atoms with van der Waals surface area (Å²) in [6.07, 6.45) is 10.6. The monoisotopic (exact) mass is 590 g/mol. The highest BCUT2D eigenvalue weighted by Gasteiger charge is 2.17. The summed E-state index contributed by atoms with van der Waals surface area (Å²) in [7, 11) is 0. The molecule has 0 amide bonds. The number of nitrogens with one attached hydrogen (secondary N) is 2. The highest BCUT2D eigenvalue weighted by molar-refractivity contribution is 7.12. The fraction of sp³-hybridized carbons (Fsp3) is 0.406. The van der Waals surface area contributed by atoms with Crippen molar-refractivity contribution in [1.82, 2.24) is 20.1 Å². The summed E-state index contributed by atoms with van der Waals surface area (Å²) < 4.78 is 13.9. The minimum absolute atomic E-state index is 0.0410. The Balaban J connectivity index is 1.24. The number of amidine groups is 1. The number of nitrogens with zero attached hydrogens (tertiary/aromatic N) is 4. The summed E-state index contributed by atoms with van der Waals surface area (Å²) in [6.45, 7) is 9.77. The normalized spacial score (nSPS) is 11.1. The fourth-order valence-corrected chi connectivity index (χ4v) is 5.59. The summed E-state index contributed by atoms with van der Waals surface area (Å²) in [5.41, 5.74) is 4.64. The predicted molar refractivity (Wildman–Crippen MR) is 169 cm³/mol. The molecular weight excluding hydrogens is 548 g/mol. The molecule has 42 heavy (non-hydrogen) atoms. The third kappa shape index (κ3) is 8.80. The van der Waals surface area contributed by atoms with E-state index in [1.54, 1.807) is 24.3 Å². The van der Waals surface area contributed by atoms with E-state index in [4.69, 9.17) is 25.1 Å². The average Bonchev–Trinajstić information content (AvgIpc) is 3.70. The number of imidazole rings is 1. The number of rotatable bonds is 17. The summed E-state index contributed by atoms with van der Waals surface area (Å²) >= 11 is 1.82. The first-order valence-corrected chi connectivity index (χ1v) is 15.5. The van der Waals surface area contributed by atoms with Crippen molar-refractivity contribution in [2.24, 2.45) is 0 Å². The van der Waals surface area contributed by atoms with Crippen molar-refractivity contribution in [2.45, 2.75) is 58.8 Å². The van der Waals surface area contributed by atoms with Crippen molar-refractivity contribution in [3.8, 4) is 22.8 Å². The molecule has 0 fully saturated rings. The number of benzene rings is 2. The maximum absolute atomic E-state index is 8.81. The summed E-state index contributed by atoms with van der Waals surface area (Å²) in [4.78, 5) is 10.6. The van der Waals surface area contributed by atoms with Crippen molar-refractivity contribution in [3.63, 3.8) is 0 Å². The molecule has 3 N–H and O–H groups in total. The van der Waals surface area contributed by atoms with E-state index in [1.165, 1.54) is 9.88 Å². The van der Waals surface area contributed by atoms with E-state index < -0.39 is 0 Å². The molecule has 4 aromatic rings. The van der Waals surface area contributed by atoms with E-state index >= 15 is 0 Å². The van der Waals surface area contributed by atoms with E-state index in [9.17, 15) is 0 Å². The minimum atomic E-state index is -0.0410. The van der Waals surface area contributed by atoms with E-state index in [-0.39, 0.29) is 5.84 Å². The Labute approximate surface area is 252 Å². The predicted octanol–water partition coefficient (Wildman–Crippen LogP) is 6.65. The molecule has 0 atom stereocenters. The molecule has 0 saturated carbocycles. The van der Waals surface area contributed by atoms with E-state index in [0.717, 1.165) is 68.0 Å². The largest absolute Gasteiger partial charge is 0.494 e. The molecule has 0 aliphatic carbocycles. The van der Waals surface area contributed by atoms with Crippen LogP contribution in [-0.4, -0.2) is 52.0 Å². The molecule has 0 bridgehead atoms. The molecule has 10 heteroatoms. The Morgan fingerprint density at radius 2 is 1.67 bits per heavy atom.